The average molecular weight is 409 g/mol. The van der Waals surface area contributed by atoms with E-state index in [0.29, 0.717) is 11.6 Å². The molecule has 0 N–H and O–H groups in total. The average Bonchev–Trinajstić information content (AvgIpc) is 3.03. The molecule has 148 valence electrons. The lowest BCUT2D eigenvalue weighted by Gasteiger charge is -2.24. The fourth-order valence-electron chi connectivity index (χ4n) is 3.57. The number of fused-ring (bicyclic) bond motifs is 1. The molecule has 2 aliphatic heterocycles. The first-order valence-electron chi connectivity index (χ1n) is 9.66. The van der Waals surface area contributed by atoms with Gasteiger partial charge in [-0.2, -0.15) is 4.99 Å². The second-order valence-electron chi connectivity index (χ2n) is 7.83. The molecule has 0 aliphatic carbocycles. The summed E-state index contributed by atoms with van der Waals surface area (Å²) >= 11 is 1.44. The molecular formula is C20H28N2O3S2. The van der Waals surface area contributed by atoms with Crippen LogP contribution in [0.15, 0.2) is 29.3 Å². The molecule has 0 radical (unpaired) electrons. The standard InChI is InChI=1S/C20H28N2O3S2/c1-4-5-6-15-7-9-16(10-8-15)22-17-12-27(24,25)13-18(17)26-20(22)21-19(23)11-14(2)3/h7-10,14,17-18H,4-6,11-13H2,1-3H3/t17-,18+/m0/s1. The third-order valence-corrected chi connectivity index (χ3v) is 8.11. The molecule has 1 aromatic carbocycles. The van der Waals surface area contributed by atoms with E-state index >= 15 is 0 Å². The molecule has 7 heteroatoms. The van der Waals surface area contributed by atoms with Gasteiger partial charge < -0.3 is 4.90 Å². The largest absolute Gasteiger partial charge is 0.316 e. The highest BCUT2D eigenvalue weighted by atomic mass is 32.2. The Balaban J connectivity index is 1.88. The van der Waals surface area contributed by atoms with Gasteiger partial charge in [-0.1, -0.05) is 51.1 Å². The van der Waals surface area contributed by atoms with Crippen molar-refractivity contribution in [1.29, 1.82) is 0 Å². The van der Waals surface area contributed by atoms with Gasteiger partial charge in [0, 0.05) is 17.4 Å². The third kappa shape index (κ3) is 4.93. The van der Waals surface area contributed by atoms with Crippen LogP contribution in [0, 0.1) is 5.92 Å². The number of carbonyl (C=O) groups excluding carboxylic acids is 1. The summed E-state index contributed by atoms with van der Waals surface area (Å²) in [5.74, 6) is 0.393. The molecule has 2 heterocycles. The van der Waals surface area contributed by atoms with Crippen LogP contribution in [0.3, 0.4) is 0 Å². The number of rotatable bonds is 6. The van der Waals surface area contributed by atoms with Gasteiger partial charge in [0.15, 0.2) is 15.0 Å². The molecule has 5 nitrogen and oxygen atoms in total. The Labute approximate surface area is 166 Å². The zero-order chi connectivity index (χ0) is 19.6. The van der Waals surface area contributed by atoms with Crippen LogP contribution in [-0.2, 0) is 21.1 Å². The van der Waals surface area contributed by atoms with Crippen molar-refractivity contribution >= 4 is 38.4 Å². The Morgan fingerprint density at radius 3 is 2.59 bits per heavy atom. The first-order chi connectivity index (χ1) is 12.8. The Bertz CT molecular complexity index is 816. The van der Waals surface area contributed by atoms with E-state index < -0.39 is 9.84 Å². The maximum absolute atomic E-state index is 12.3. The summed E-state index contributed by atoms with van der Waals surface area (Å²) in [5, 5.41) is 0.590. The fraction of sp³-hybridized carbons (Fsp3) is 0.600. The highest BCUT2D eigenvalue weighted by Crippen LogP contribution is 2.41. The lowest BCUT2D eigenvalue weighted by Crippen LogP contribution is -2.37. The zero-order valence-corrected chi connectivity index (χ0v) is 17.9. The van der Waals surface area contributed by atoms with Crippen LogP contribution in [0.4, 0.5) is 5.69 Å². The predicted molar refractivity (Wildman–Crippen MR) is 113 cm³/mol. The Morgan fingerprint density at radius 1 is 1.26 bits per heavy atom. The number of carbonyl (C=O) groups is 1. The van der Waals surface area contributed by atoms with E-state index in [9.17, 15) is 13.2 Å². The number of benzene rings is 1. The monoisotopic (exact) mass is 408 g/mol. The van der Waals surface area contributed by atoms with Crippen LogP contribution in [-0.4, -0.2) is 42.3 Å². The molecule has 1 amide bonds. The lowest BCUT2D eigenvalue weighted by atomic mass is 10.1. The smallest absolute Gasteiger partial charge is 0.248 e. The highest BCUT2D eigenvalue weighted by Gasteiger charge is 2.49. The molecule has 27 heavy (non-hydrogen) atoms. The number of amides is 1. The Hall–Kier alpha value is -1.34. The summed E-state index contributed by atoms with van der Waals surface area (Å²) < 4.78 is 24.2. The normalized spacial score (nSPS) is 25.3. The number of aryl methyl sites for hydroxylation is 1. The summed E-state index contributed by atoms with van der Waals surface area (Å²) in [4.78, 5) is 18.6. The number of hydrogen-bond donors (Lipinski definition) is 0. The van der Waals surface area contributed by atoms with Gasteiger partial charge >= 0.3 is 0 Å². The molecule has 2 saturated heterocycles. The Kier molecular flexibility index (Phi) is 6.31. The SMILES string of the molecule is CCCCc1ccc(N2C(=NC(=O)CC(C)C)S[C@@H]3CS(=O)(=O)C[C@@H]32)cc1. The Morgan fingerprint density at radius 2 is 1.96 bits per heavy atom. The molecule has 2 fully saturated rings. The van der Waals surface area contributed by atoms with Crippen molar-refractivity contribution in [3.05, 3.63) is 29.8 Å². The van der Waals surface area contributed by atoms with Crippen molar-refractivity contribution in [3.8, 4) is 0 Å². The molecule has 3 rings (SSSR count). The van der Waals surface area contributed by atoms with E-state index in [-0.39, 0.29) is 34.6 Å². The number of amidine groups is 1. The minimum atomic E-state index is -3.04. The van der Waals surface area contributed by atoms with Crippen molar-refractivity contribution < 1.29 is 13.2 Å². The number of unbranched alkanes of at least 4 members (excludes halogenated alkanes) is 1. The first kappa shape index (κ1) is 20.4. The van der Waals surface area contributed by atoms with Crippen LogP contribution in [0.2, 0.25) is 0 Å². The van der Waals surface area contributed by atoms with Gasteiger partial charge in [-0.05, 0) is 36.5 Å². The fourth-order valence-corrected chi connectivity index (χ4v) is 7.50. The first-order valence-corrected chi connectivity index (χ1v) is 12.4. The minimum Gasteiger partial charge on any atom is -0.316 e. The van der Waals surface area contributed by atoms with E-state index in [4.69, 9.17) is 0 Å². The molecule has 0 unspecified atom stereocenters. The number of sulfone groups is 1. The maximum atomic E-state index is 12.3. The van der Waals surface area contributed by atoms with Gasteiger partial charge in [0.25, 0.3) is 0 Å². The minimum absolute atomic E-state index is 0.0552. The number of nitrogens with zero attached hydrogens (tertiary/aromatic N) is 2. The summed E-state index contributed by atoms with van der Waals surface area (Å²) in [6.45, 7) is 6.16. The number of hydrogen-bond acceptors (Lipinski definition) is 4. The number of anilines is 1. The number of thioether (sulfide) groups is 1. The highest BCUT2D eigenvalue weighted by molar-refractivity contribution is 8.16. The van der Waals surface area contributed by atoms with Gasteiger partial charge in [-0.3, -0.25) is 4.79 Å². The van der Waals surface area contributed by atoms with Gasteiger partial charge in [0.1, 0.15) is 0 Å². The van der Waals surface area contributed by atoms with E-state index in [1.807, 2.05) is 30.9 Å². The second kappa shape index (κ2) is 8.35. The maximum Gasteiger partial charge on any atom is 0.248 e. The molecule has 0 spiro atoms. The van der Waals surface area contributed by atoms with E-state index in [1.54, 1.807) is 0 Å². The van der Waals surface area contributed by atoms with Crippen molar-refractivity contribution in [3.63, 3.8) is 0 Å². The van der Waals surface area contributed by atoms with Crippen LogP contribution in [0.5, 0.6) is 0 Å². The van der Waals surface area contributed by atoms with Gasteiger partial charge in [0.05, 0.1) is 17.5 Å². The number of aliphatic imine (C=N–C) groups is 1. The predicted octanol–water partition coefficient (Wildman–Crippen LogP) is 3.68. The summed E-state index contributed by atoms with van der Waals surface area (Å²) in [6, 6.07) is 8.11. The second-order valence-corrected chi connectivity index (χ2v) is 11.2. The van der Waals surface area contributed by atoms with Crippen LogP contribution in [0.25, 0.3) is 0 Å². The van der Waals surface area contributed by atoms with Crippen LogP contribution >= 0.6 is 11.8 Å². The summed E-state index contributed by atoms with van der Waals surface area (Å²) in [5.41, 5.74) is 2.20. The van der Waals surface area contributed by atoms with E-state index in [2.05, 4.69) is 24.0 Å². The van der Waals surface area contributed by atoms with Gasteiger partial charge in [-0.25, -0.2) is 8.42 Å². The third-order valence-electron chi connectivity index (χ3n) is 4.90. The van der Waals surface area contributed by atoms with Gasteiger partial charge in [-0.15, -0.1) is 0 Å². The van der Waals surface area contributed by atoms with Crippen LogP contribution < -0.4 is 4.90 Å². The quantitative estimate of drug-likeness (QED) is 0.718. The molecular weight excluding hydrogens is 380 g/mol. The van der Waals surface area contributed by atoms with Crippen molar-refractivity contribution in [2.75, 3.05) is 16.4 Å². The lowest BCUT2D eigenvalue weighted by molar-refractivity contribution is -0.118. The van der Waals surface area contributed by atoms with Gasteiger partial charge in [0.2, 0.25) is 5.91 Å². The molecule has 0 saturated carbocycles. The van der Waals surface area contributed by atoms with E-state index in [0.717, 1.165) is 24.9 Å². The van der Waals surface area contributed by atoms with Crippen LogP contribution in [0.1, 0.15) is 45.6 Å². The summed E-state index contributed by atoms with van der Waals surface area (Å²) in [6.07, 6.45) is 3.75. The molecule has 2 atom stereocenters. The van der Waals surface area contributed by atoms with Crippen molar-refractivity contribution in [1.82, 2.24) is 0 Å². The molecule has 0 aromatic heterocycles. The molecule has 2 aliphatic rings. The van der Waals surface area contributed by atoms with E-state index in [1.165, 1.54) is 17.3 Å². The van der Waals surface area contributed by atoms with Crippen molar-refractivity contribution in [2.45, 2.75) is 57.7 Å². The molecule has 1 aromatic rings. The molecule has 0 bridgehead atoms. The summed E-state index contributed by atoms with van der Waals surface area (Å²) in [7, 11) is -3.04. The topological polar surface area (TPSA) is 66.8 Å². The zero-order valence-electron chi connectivity index (χ0n) is 16.2. The van der Waals surface area contributed by atoms with Crippen molar-refractivity contribution in [2.24, 2.45) is 10.9 Å².